The van der Waals surface area contributed by atoms with E-state index in [1.54, 1.807) is 6.92 Å². The third-order valence-electron chi connectivity index (χ3n) is 4.21. The second-order valence-electron chi connectivity index (χ2n) is 5.77. The van der Waals surface area contributed by atoms with Crippen molar-refractivity contribution in [2.24, 2.45) is 0 Å². The van der Waals surface area contributed by atoms with Crippen molar-refractivity contribution in [1.29, 1.82) is 0 Å². The van der Waals surface area contributed by atoms with E-state index >= 15 is 0 Å². The van der Waals surface area contributed by atoms with Crippen LogP contribution in [0, 0.1) is 3.57 Å². The Balaban J connectivity index is 2.02. The molecule has 0 amide bonds. The molecule has 0 spiro atoms. The van der Waals surface area contributed by atoms with E-state index in [4.69, 9.17) is 14.1 Å². The Hall–Kier alpha value is -1.37. The number of esters is 1. The molecule has 0 saturated heterocycles. The minimum Gasteiger partial charge on any atom is -0.460 e. The number of aromatic nitrogens is 1. The van der Waals surface area contributed by atoms with Crippen LogP contribution in [0.2, 0.25) is 0 Å². The standard InChI is InChI=1S/C18H20INO3/c1-2-22-18(21)16-15(12-8-4-3-5-9-12)20-17(23-16)13-10-6-7-11-14(13)19/h6-7,10-12H,2-5,8-9H2,1H3. The van der Waals surface area contributed by atoms with E-state index in [9.17, 15) is 4.79 Å². The van der Waals surface area contributed by atoms with Gasteiger partial charge in [-0.3, -0.25) is 0 Å². The van der Waals surface area contributed by atoms with Crippen molar-refractivity contribution < 1.29 is 13.9 Å². The summed E-state index contributed by atoms with van der Waals surface area (Å²) in [5, 5.41) is 0. The van der Waals surface area contributed by atoms with Gasteiger partial charge in [0.05, 0.1) is 17.9 Å². The molecule has 3 rings (SSSR count). The lowest BCUT2D eigenvalue weighted by Gasteiger charge is -2.19. The maximum atomic E-state index is 12.3. The second kappa shape index (κ2) is 7.47. The van der Waals surface area contributed by atoms with Crippen LogP contribution in [0.15, 0.2) is 28.7 Å². The zero-order chi connectivity index (χ0) is 16.2. The van der Waals surface area contributed by atoms with Crippen LogP contribution in [0.3, 0.4) is 0 Å². The number of rotatable bonds is 4. The van der Waals surface area contributed by atoms with Crippen LogP contribution in [0.25, 0.3) is 11.5 Å². The van der Waals surface area contributed by atoms with E-state index in [-0.39, 0.29) is 5.76 Å². The van der Waals surface area contributed by atoms with Crippen LogP contribution >= 0.6 is 22.6 Å². The molecule has 1 aliphatic rings. The lowest BCUT2D eigenvalue weighted by atomic mass is 9.86. The number of nitrogens with zero attached hydrogens (tertiary/aromatic N) is 1. The number of oxazole rings is 1. The molecular weight excluding hydrogens is 405 g/mol. The van der Waals surface area contributed by atoms with Crippen molar-refractivity contribution in [2.75, 3.05) is 6.61 Å². The first-order chi connectivity index (χ1) is 11.2. The number of carbonyl (C=O) groups excluding carboxylic acids is 1. The Morgan fingerprint density at radius 2 is 2.04 bits per heavy atom. The molecule has 1 aromatic heterocycles. The Bertz CT molecular complexity index is 689. The molecule has 4 nitrogen and oxygen atoms in total. The van der Waals surface area contributed by atoms with Crippen LogP contribution in [-0.2, 0) is 4.74 Å². The molecule has 1 aliphatic carbocycles. The highest BCUT2D eigenvalue weighted by Gasteiger charge is 2.29. The number of hydrogen-bond donors (Lipinski definition) is 0. The first-order valence-corrected chi connectivity index (χ1v) is 9.21. The maximum Gasteiger partial charge on any atom is 0.376 e. The normalized spacial score (nSPS) is 15.6. The Labute approximate surface area is 149 Å². The van der Waals surface area contributed by atoms with E-state index in [2.05, 4.69) is 22.6 Å². The first kappa shape index (κ1) is 16.5. The highest BCUT2D eigenvalue weighted by Crippen LogP contribution is 2.37. The highest BCUT2D eigenvalue weighted by molar-refractivity contribution is 14.1. The Morgan fingerprint density at radius 3 is 2.74 bits per heavy atom. The zero-order valence-electron chi connectivity index (χ0n) is 13.2. The number of halogens is 1. The summed E-state index contributed by atoms with van der Waals surface area (Å²) < 4.78 is 12.1. The second-order valence-corrected chi connectivity index (χ2v) is 6.93. The van der Waals surface area contributed by atoms with Crippen molar-refractivity contribution in [3.63, 3.8) is 0 Å². The number of ether oxygens (including phenoxy) is 1. The molecule has 5 heteroatoms. The summed E-state index contributed by atoms with van der Waals surface area (Å²) in [5.74, 6) is 0.687. The minimum atomic E-state index is -0.405. The largest absolute Gasteiger partial charge is 0.460 e. The van der Waals surface area contributed by atoms with Crippen molar-refractivity contribution in [3.05, 3.63) is 39.3 Å². The molecular formula is C18H20INO3. The van der Waals surface area contributed by atoms with Crippen LogP contribution in [0.1, 0.15) is 61.2 Å². The zero-order valence-corrected chi connectivity index (χ0v) is 15.3. The number of hydrogen-bond acceptors (Lipinski definition) is 4. The summed E-state index contributed by atoms with van der Waals surface area (Å²) in [5.41, 5.74) is 1.69. The molecule has 0 N–H and O–H groups in total. The quantitative estimate of drug-likeness (QED) is 0.501. The van der Waals surface area contributed by atoms with Crippen molar-refractivity contribution >= 4 is 28.6 Å². The van der Waals surface area contributed by atoms with Gasteiger partial charge in [-0.2, -0.15) is 0 Å². The van der Waals surface area contributed by atoms with Crippen molar-refractivity contribution in [3.8, 4) is 11.5 Å². The van der Waals surface area contributed by atoms with Gasteiger partial charge in [0.1, 0.15) is 0 Å². The molecule has 23 heavy (non-hydrogen) atoms. The summed E-state index contributed by atoms with van der Waals surface area (Å²) >= 11 is 2.26. The topological polar surface area (TPSA) is 52.3 Å². The molecule has 0 unspecified atom stereocenters. The summed E-state index contributed by atoms with van der Waals surface area (Å²) in [4.78, 5) is 17.0. The molecule has 1 saturated carbocycles. The Kier molecular flexibility index (Phi) is 5.35. The van der Waals surface area contributed by atoms with E-state index in [0.29, 0.717) is 18.4 Å². The van der Waals surface area contributed by atoms with E-state index < -0.39 is 5.97 Å². The molecule has 0 radical (unpaired) electrons. The van der Waals surface area contributed by atoms with Crippen LogP contribution in [-0.4, -0.2) is 17.6 Å². The molecule has 1 aromatic carbocycles. The fourth-order valence-corrected chi connectivity index (χ4v) is 3.70. The first-order valence-electron chi connectivity index (χ1n) is 8.13. The predicted octanol–water partition coefficient (Wildman–Crippen LogP) is 5.17. The minimum absolute atomic E-state index is 0.286. The molecule has 1 fully saturated rings. The summed E-state index contributed by atoms with van der Waals surface area (Å²) in [6, 6.07) is 7.89. The summed E-state index contributed by atoms with van der Waals surface area (Å²) in [6.07, 6.45) is 5.73. The smallest absolute Gasteiger partial charge is 0.376 e. The average Bonchev–Trinajstić information content (AvgIpc) is 3.01. The molecule has 0 bridgehead atoms. The molecule has 0 atom stereocenters. The maximum absolute atomic E-state index is 12.3. The van der Waals surface area contributed by atoms with E-state index in [0.717, 1.165) is 27.7 Å². The van der Waals surface area contributed by atoms with Crippen molar-refractivity contribution in [2.45, 2.75) is 44.9 Å². The monoisotopic (exact) mass is 425 g/mol. The summed E-state index contributed by atoms with van der Waals surface area (Å²) in [7, 11) is 0. The van der Waals surface area contributed by atoms with Gasteiger partial charge < -0.3 is 9.15 Å². The number of carbonyl (C=O) groups is 1. The third kappa shape index (κ3) is 3.59. The van der Waals surface area contributed by atoms with Gasteiger partial charge in [0.25, 0.3) is 0 Å². The average molecular weight is 425 g/mol. The third-order valence-corrected chi connectivity index (χ3v) is 5.15. The van der Waals surface area contributed by atoms with Gasteiger partial charge in [-0.1, -0.05) is 31.4 Å². The van der Waals surface area contributed by atoms with Gasteiger partial charge in [-0.05, 0) is 54.5 Å². The lowest BCUT2D eigenvalue weighted by molar-refractivity contribution is 0.0488. The van der Waals surface area contributed by atoms with Gasteiger partial charge in [0.15, 0.2) is 0 Å². The van der Waals surface area contributed by atoms with Gasteiger partial charge in [0.2, 0.25) is 11.7 Å². The highest BCUT2D eigenvalue weighted by atomic mass is 127. The lowest BCUT2D eigenvalue weighted by Crippen LogP contribution is -2.12. The molecule has 2 aromatic rings. The number of benzene rings is 1. The molecule has 122 valence electrons. The molecule has 1 heterocycles. The fraction of sp³-hybridized carbons (Fsp3) is 0.444. The fourth-order valence-electron chi connectivity index (χ4n) is 3.08. The SMILES string of the molecule is CCOC(=O)c1oc(-c2ccccc2I)nc1C1CCCCC1. The van der Waals surface area contributed by atoms with Gasteiger partial charge in [0, 0.05) is 9.49 Å². The van der Waals surface area contributed by atoms with Crippen LogP contribution in [0.5, 0.6) is 0 Å². The van der Waals surface area contributed by atoms with Crippen molar-refractivity contribution in [1.82, 2.24) is 4.98 Å². The van der Waals surface area contributed by atoms with Crippen LogP contribution in [0.4, 0.5) is 0 Å². The van der Waals surface area contributed by atoms with Gasteiger partial charge >= 0.3 is 5.97 Å². The van der Waals surface area contributed by atoms with E-state index in [1.807, 2.05) is 24.3 Å². The van der Waals surface area contributed by atoms with Gasteiger partial charge in [-0.25, -0.2) is 9.78 Å². The summed E-state index contributed by atoms with van der Waals surface area (Å²) in [6.45, 7) is 2.14. The predicted molar refractivity (Wildman–Crippen MR) is 96.4 cm³/mol. The van der Waals surface area contributed by atoms with Gasteiger partial charge in [-0.15, -0.1) is 0 Å². The van der Waals surface area contributed by atoms with E-state index in [1.165, 1.54) is 19.3 Å². The Morgan fingerprint density at radius 1 is 1.30 bits per heavy atom. The molecule has 0 aliphatic heterocycles. The van der Waals surface area contributed by atoms with Crippen LogP contribution < -0.4 is 0 Å².